The van der Waals surface area contributed by atoms with Crippen LogP contribution in [0.3, 0.4) is 0 Å². The van der Waals surface area contributed by atoms with E-state index in [4.69, 9.17) is 11.6 Å². The van der Waals surface area contributed by atoms with Gasteiger partial charge in [-0.25, -0.2) is 0 Å². The molecule has 2 atom stereocenters. The van der Waals surface area contributed by atoms with Crippen molar-refractivity contribution in [1.29, 1.82) is 0 Å². The predicted molar refractivity (Wildman–Crippen MR) is 77.2 cm³/mol. The first-order chi connectivity index (χ1) is 8.91. The fourth-order valence-corrected chi connectivity index (χ4v) is 3.33. The lowest BCUT2D eigenvalue weighted by atomic mass is 9.79. The summed E-state index contributed by atoms with van der Waals surface area (Å²) in [7, 11) is 1.84. The summed E-state index contributed by atoms with van der Waals surface area (Å²) in [5, 5.41) is 18.8. The lowest BCUT2D eigenvalue weighted by Gasteiger charge is -2.35. The van der Waals surface area contributed by atoms with Crippen molar-refractivity contribution < 1.29 is 5.11 Å². The molecule has 1 saturated carbocycles. The summed E-state index contributed by atoms with van der Waals surface area (Å²) in [6.07, 6.45) is 4.13. The van der Waals surface area contributed by atoms with E-state index in [1.165, 1.54) is 6.42 Å². The molecule has 0 aliphatic heterocycles. The van der Waals surface area contributed by atoms with Gasteiger partial charge in [-0.3, -0.25) is 4.68 Å². The van der Waals surface area contributed by atoms with Crippen LogP contribution in [0.25, 0.3) is 0 Å². The highest BCUT2D eigenvalue weighted by atomic mass is 35.5. The molecular weight excluding hydrogens is 262 g/mol. The molecule has 0 spiro atoms. The third-order valence-electron chi connectivity index (χ3n) is 4.09. The maximum absolute atomic E-state index is 10.5. The molecule has 1 aromatic rings. The molecule has 0 bridgehead atoms. The highest BCUT2D eigenvalue weighted by Crippen LogP contribution is 2.31. The van der Waals surface area contributed by atoms with Crippen molar-refractivity contribution in [1.82, 2.24) is 15.1 Å². The molecule has 0 aromatic carbocycles. The predicted octanol–water partition coefficient (Wildman–Crippen LogP) is 2.41. The van der Waals surface area contributed by atoms with Gasteiger partial charge in [0, 0.05) is 25.7 Å². The second-order valence-corrected chi connectivity index (χ2v) is 6.37. The Morgan fingerprint density at radius 1 is 1.58 bits per heavy atom. The van der Waals surface area contributed by atoms with Gasteiger partial charge in [-0.15, -0.1) is 0 Å². The molecule has 1 aromatic heterocycles. The van der Waals surface area contributed by atoms with E-state index in [-0.39, 0.29) is 0 Å². The molecule has 1 fully saturated rings. The van der Waals surface area contributed by atoms with Crippen LogP contribution in [0.15, 0.2) is 0 Å². The van der Waals surface area contributed by atoms with E-state index < -0.39 is 5.60 Å². The van der Waals surface area contributed by atoms with Crippen LogP contribution < -0.4 is 5.32 Å². The summed E-state index contributed by atoms with van der Waals surface area (Å²) in [4.78, 5) is 0. The van der Waals surface area contributed by atoms with Gasteiger partial charge in [0.1, 0.15) is 5.15 Å². The SMILES string of the molecule is Cc1nn(C)c(Cl)c1CNCC1(O)CCCC(C)C1. The normalized spacial score (nSPS) is 27.7. The number of aliphatic hydroxyl groups is 1. The second-order valence-electron chi connectivity index (χ2n) is 6.01. The van der Waals surface area contributed by atoms with Crippen molar-refractivity contribution in [3.63, 3.8) is 0 Å². The molecule has 1 heterocycles. The number of halogens is 1. The van der Waals surface area contributed by atoms with E-state index in [9.17, 15) is 5.11 Å². The summed E-state index contributed by atoms with van der Waals surface area (Å²) >= 11 is 6.19. The maximum atomic E-state index is 10.5. The highest BCUT2D eigenvalue weighted by molar-refractivity contribution is 6.30. The van der Waals surface area contributed by atoms with E-state index >= 15 is 0 Å². The van der Waals surface area contributed by atoms with E-state index in [0.717, 1.165) is 30.5 Å². The molecule has 5 heteroatoms. The number of nitrogens with one attached hydrogen (secondary N) is 1. The molecule has 0 saturated heterocycles. The zero-order valence-corrected chi connectivity index (χ0v) is 12.8. The van der Waals surface area contributed by atoms with Gasteiger partial charge in [0.2, 0.25) is 0 Å². The molecule has 2 N–H and O–H groups in total. The summed E-state index contributed by atoms with van der Waals surface area (Å²) < 4.78 is 1.69. The summed E-state index contributed by atoms with van der Waals surface area (Å²) in [5.41, 5.74) is 1.42. The smallest absolute Gasteiger partial charge is 0.131 e. The van der Waals surface area contributed by atoms with Crippen LogP contribution in [0.5, 0.6) is 0 Å². The third kappa shape index (κ3) is 3.50. The molecule has 108 valence electrons. The van der Waals surface area contributed by atoms with Crippen molar-refractivity contribution in [2.45, 2.75) is 51.7 Å². The minimum absolute atomic E-state index is 0.555. The van der Waals surface area contributed by atoms with Gasteiger partial charge >= 0.3 is 0 Å². The minimum Gasteiger partial charge on any atom is -0.389 e. The lowest BCUT2D eigenvalue weighted by molar-refractivity contribution is -0.0119. The lowest BCUT2D eigenvalue weighted by Crippen LogP contribution is -2.43. The average Bonchev–Trinajstić information content (AvgIpc) is 2.55. The van der Waals surface area contributed by atoms with Crippen molar-refractivity contribution in [3.05, 3.63) is 16.4 Å². The molecule has 0 amide bonds. The van der Waals surface area contributed by atoms with Crippen LogP contribution in [0.2, 0.25) is 5.15 Å². The average molecular weight is 286 g/mol. The second kappa shape index (κ2) is 5.81. The maximum Gasteiger partial charge on any atom is 0.131 e. The monoisotopic (exact) mass is 285 g/mol. The molecule has 1 aliphatic carbocycles. The Hall–Kier alpha value is -0.580. The fourth-order valence-electron chi connectivity index (χ4n) is 3.09. The highest BCUT2D eigenvalue weighted by Gasteiger charge is 2.32. The number of hydrogen-bond acceptors (Lipinski definition) is 3. The van der Waals surface area contributed by atoms with E-state index in [1.807, 2.05) is 14.0 Å². The van der Waals surface area contributed by atoms with E-state index in [0.29, 0.717) is 24.2 Å². The van der Waals surface area contributed by atoms with Crippen LogP contribution in [0.4, 0.5) is 0 Å². The Bertz CT molecular complexity index is 446. The third-order valence-corrected chi connectivity index (χ3v) is 4.57. The Morgan fingerprint density at radius 2 is 2.32 bits per heavy atom. The Morgan fingerprint density at radius 3 is 2.89 bits per heavy atom. The van der Waals surface area contributed by atoms with Crippen molar-refractivity contribution in [3.8, 4) is 0 Å². The van der Waals surface area contributed by atoms with Crippen LogP contribution in [-0.4, -0.2) is 27.0 Å². The van der Waals surface area contributed by atoms with Crippen LogP contribution >= 0.6 is 11.6 Å². The number of aromatic nitrogens is 2. The Kier molecular flexibility index (Phi) is 4.54. The van der Waals surface area contributed by atoms with Gasteiger partial charge in [0.25, 0.3) is 0 Å². The van der Waals surface area contributed by atoms with Crippen LogP contribution in [-0.2, 0) is 13.6 Å². The first-order valence-electron chi connectivity index (χ1n) is 7.02. The molecule has 2 unspecified atom stereocenters. The van der Waals surface area contributed by atoms with Gasteiger partial charge < -0.3 is 10.4 Å². The molecular formula is C14H24ClN3O. The van der Waals surface area contributed by atoms with Crippen LogP contribution in [0, 0.1) is 12.8 Å². The van der Waals surface area contributed by atoms with E-state index in [1.54, 1.807) is 4.68 Å². The summed E-state index contributed by atoms with van der Waals surface area (Å²) in [6, 6.07) is 0. The van der Waals surface area contributed by atoms with Gasteiger partial charge in [-0.05, 0) is 25.7 Å². The Balaban J connectivity index is 1.89. The quantitative estimate of drug-likeness (QED) is 0.893. The zero-order valence-electron chi connectivity index (χ0n) is 12.0. The van der Waals surface area contributed by atoms with Gasteiger partial charge in [-0.2, -0.15) is 5.10 Å². The van der Waals surface area contributed by atoms with E-state index in [2.05, 4.69) is 17.3 Å². The van der Waals surface area contributed by atoms with Gasteiger partial charge in [0.15, 0.2) is 0 Å². The number of nitrogens with zero attached hydrogens (tertiary/aromatic N) is 2. The van der Waals surface area contributed by atoms with Crippen molar-refractivity contribution in [2.75, 3.05) is 6.54 Å². The fraction of sp³-hybridized carbons (Fsp3) is 0.786. The summed E-state index contributed by atoms with van der Waals surface area (Å²) in [6.45, 7) is 5.46. The first-order valence-corrected chi connectivity index (χ1v) is 7.40. The molecule has 19 heavy (non-hydrogen) atoms. The summed E-state index contributed by atoms with van der Waals surface area (Å²) in [5.74, 6) is 0.615. The van der Waals surface area contributed by atoms with Gasteiger partial charge in [0.05, 0.1) is 11.3 Å². The standard InChI is InChI=1S/C14H24ClN3O/c1-10-5-4-6-14(19,7-10)9-16-8-12-11(2)17-18(3)13(12)15/h10,16,19H,4-9H2,1-3H3. The van der Waals surface area contributed by atoms with Crippen molar-refractivity contribution >= 4 is 11.6 Å². The van der Waals surface area contributed by atoms with Gasteiger partial charge in [-0.1, -0.05) is 31.4 Å². The minimum atomic E-state index is -0.555. The first kappa shape index (κ1) is 14.8. The molecule has 4 nitrogen and oxygen atoms in total. The van der Waals surface area contributed by atoms with Crippen molar-refractivity contribution in [2.24, 2.45) is 13.0 Å². The number of hydrogen-bond donors (Lipinski definition) is 2. The zero-order chi connectivity index (χ0) is 14.0. The van der Waals surface area contributed by atoms with Crippen LogP contribution in [0.1, 0.15) is 43.9 Å². The Labute approximate surface area is 120 Å². The number of rotatable bonds is 4. The largest absolute Gasteiger partial charge is 0.389 e. The molecule has 0 radical (unpaired) electrons. The number of aryl methyl sites for hydroxylation is 2. The molecule has 2 rings (SSSR count). The molecule has 1 aliphatic rings. The topological polar surface area (TPSA) is 50.1 Å².